The van der Waals surface area contributed by atoms with Crippen molar-refractivity contribution in [3.05, 3.63) is 69.2 Å². The minimum atomic E-state index is -0.656. The summed E-state index contributed by atoms with van der Waals surface area (Å²) >= 11 is 6.60. The van der Waals surface area contributed by atoms with E-state index in [9.17, 15) is 24.0 Å². The highest BCUT2D eigenvalue weighted by atomic mass is 35.5. The van der Waals surface area contributed by atoms with E-state index in [1.54, 1.807) is 21.7 Å². The molecule has 0 unspecified atom stereocenters. The molecule has 1 saturated carbocycles. The highest BCUT2D eigenvalue weighted by Crippen LogP contribution is 2.35. The highest BCUT2D eigenvalue weighted by Gasteiger charge is 2.42. The minimum absolute atomic E-state index is 0.0917. The van der Waals surface area contributed by atoms with Crippen LogP contribution in [0, 0.1) is 0 Å². The second-order valence-corrected chi connectivity index (χ2v) is 18.1. The molecule has 2 atom stereocenters. The molecule has 4 aromatic rings. The maximum absolute atomic E-state index is 13.2. The van der Waals surface area contributed by atoms with E-state index >= 15 is 0 Å². The van der Waals surface area contributed by atoms with Crippen molar-refractivity contribution >= 4 is 69.4 Å². The highest BCUT2D eigenvalue weighted by molar-refractivity contribution is 6.33. The molecular formula is C45H54ClN11O7. The van der Waals surface area contributed by atoms with Crippen molar-refractivity contribution in [2.24, 2.45) is 0 Å². The molecule has 0 bridgehead atoms. The van der Waals surface area contributed by atoms with E-state index in [1.807, 2.05) is 44.2 Å². The second kappa shape index (κ2) is 18.0. The summed E-state index contributed by atoms with van der Waals surface area (Å²) in [7, 11) is 1.51. The number of piperidine rings is 2. The fourth-order valence-corrected chi connectivity index (χ4v) is 9.76. The van der Waals surface area contributed by atoms with Crippen LogP contribution in [-0.4, -0.2) is 130 Å². The van der Waals surface area contributed by atoms with Crippen LogP contribution in [0.3, 0.4) is 0 Å². The standard InChI is InChI=1S/C45H54ClN11O7/c1-25(2)57-35-7-5-28(17-27(35)18-37(44(57)62)63-24-40(59)47-4)49-41-33(46)21-48-45(52-41)53-13-11-30(12-14-53)64-31-19-29(20-31)54-15-16-55(26(3)22-54)38-9-6-32-34(50-38)23-56(43(32)61)36-8-10-39(58)51-42(36)60/h5-7,9,17-18,21,25-26,29-31,36H,8,10-16,19-20,22-24H2,1-4H3,(H,47,59)(H,48,49,52)(H,51,58,60)/t26-,29?,31?,36-/m1/s1. The summed E-state index contributed by atoms with van der Waals surface area (Å²) in [5.74, 6) is 0.714. The molecule has 4 amide bonds. The Morgan fingerprint density at radius 2 is 1.77 bits per heavy atom. The number of aromatic nitrogens is 4. The fraction of sp³-hybridized carbons (Fsp3) is 0.511. The van der Waals surface area contributed by atoms with Gasteiger partial charge in [-0.3, -0.25) is 34.2 Å². The van der Waals surface area contributed by atoms with Gasteiger partial charge < -0.3 is 39.4 Å². The Morgan fingerprint density at radius 1 is 0.969 bits per heavy atom. The molecule has 1 aromatic carbocycles. The molecule has 64 heavy (non-hydrogen) atoms. The molecule has 5 aliphatic rings. The van der Waals surface area contributed by atoms with Crippen LogP contribution in [-0.2, 0) is 25.7 Å². The maximum atomic E-state index is 13.2. The van der Waals surface area contributed by atoms with Gasteiger partial charge in [0.2, 0.25) is 17.8 Å². The number of benzene rings is 1. The molecule has 3 aromatic heterocycles. The number of nitrogens with one attached hydrogen (secondary N) is 3. The van der Waals surface area contributed by atoms with Crippen LogP contribution in [0.25, 0.3) is 10.9 Å². The zero-order valence-corrected chi connectivity index (χ0v) is 37.3. The van der Waals surface area contributed by atoms with Crippen molar-refractivity contribution in [1.29, 1.82) is 0 Å². The van der Waals surface area contributed by atoms with Gasteiger partial charge in [-0.2, -0.15) is 4.98 Å². The van der Waals surface area contributed by atoms with Crippen molar-refractivity contribution in [2.45, 2.75) is 102 Å². The lowest BCUT2D eigenvalue weighted by molar-refractivity contribution is -0.137. The fourth-order valence-electron chi connectivity index (χ4n) is 9.62. The number of carbonyl (C=O) groups excluding carboxylic acids is 4. The number of piperazine rings is 1. The second-order valence-electron chi connectivity index (χ2n) is 17.7. The van der Waals surface area contributed by atoms with Gasteiger partial charge in [0.1, 0.15) is 16.9 Å². The number of hydrogen-bond acceptors (Lipinski definition) is 14. The van der Waals surface area contributed by atoms with E-state index in [-0.39, 0.29) is 72.9 Å². The summed E-state index contributed by atoms with van der Waals surface area (Å²) in [5, 5.41) is 9.32. The lowest BCUT2D eigenvalue weighted by atomic mass is 9.86. The van der Waals surface area contributed by atoms with Crippen LogP contribution >= 0.6 is 11.6 Å². The lowest BCUT2D eigenvalue weighted by Gasteiger charge is -2.49. The van der Waals surface area contributed by atoms with E-state index in [0.29, 0.717) is 46.2 Å². The van der Waals surface area contributed by atoms with Crippen LogP contribution in [0.4, 0.5) is 23.3 Å². The van der Waals surface area contributed by atoms with Gasteiger partial charge in [0.05, 0.1) is 41.7 Å². The van der Waals surface area contributed by atoms with Crippen molar-refractivity contribution in [3.63, 3.8) is 0 Å². The van der Waals surface area contributed by atoms with Gasteiger partial charge in [0, 0.05) is 75.4 Å². The number of imide groups is 1. The number of nitrogens with zero attached hydrogens (tertiary/aromatic N) is 8. The quantitative estimate of drug-likeness (QED) is 0.174. The molecule has 18 nitrogen and oxygen atoms in total. The number of carbonyl (C=O) groups is 4. The number of amides is 4. The third-order valence-electron chi connectivity index (χ3n) is 13.2. The zero-order valence-electron chi connectivity index (χ0n) is 36.5. The molecule has 4 fully saturated rings. The molecule has 9 rings (SSSR count). The number of halogens is 1. The molecule has 0 spiro atoms. The van der Waals surface area contributed by atoms with E-state index in [0.717, 1.165) is 75.1 Å². The van der Waals surface area contributed by atoms with E-state index in [1.165, 1.54) is 7.05 Å². The van der Waals surface area contributed by atoms with Gasteiger partial charge in [0.25, 0.3) is 17.4 Å². The number of rotatable bonds is 12. The van der Waals surface area contributed by atoms with Crippen molar-refractivity contribution in [2.75, 3.05) is 61.5 Å². The van der Waals surface area contributed by atoms with Gasteiger partial charge in [0.15, 0.2) is 18.2 Å². The smallest absolute Gasteiger partial charge is 0.293 e. The summed E-state index contributed by atoms with van der Waals surface area (Å²) in [5.41, 5.74) is 2.34. The molecular weight excluding hydrogens is 842 g/mol. The summed E-state index contributed by atoms with van der Waals surface area (Å²) in [6, 6.07) is 10.9. The predicted octanol–water partition coefficient (Wildman–Crippen LogP) is 3.78. The molecule has 3 saturated heterocycles. The molecule has 19 heteroatoms. The molecule has 4 aliphatic heterocycles. The molecule has 7 heterocycles. The number of likely N-dealkylation sites (N-methyl/N-ethyl adjacent to an activating group) is 1. The number of pyridine rings is 2. The third-order valence-corrected chi connectivity index (χ3v) is 13.4. The van der Waals surface area contributed by atoms with Crippen LogP contribution in [0.1, 0.15) is 81.4 Å². The largest absolute Gasteiger partial charge is 0.478 e. The number of fused-ring (bicyclic) bond motifs is 2. The summed E-state index contributed by atoms with van der Waals surface area (Å²) in [4.78, 5) is 85.3. The van der Waals surface area contributed by atoms with Crippen LogP contribution < -0.4 is 36.0 Å². The summed E-state index contributed by atoms with van der Waals surface area (Å²) in [6.45, 7) is 10.2. The Morgan fingerprint density at radius 3 is 2.50 bits per heavy atom. The Balaban J connectivity index is 0.749. The monoisotopic (exact) mass is 895 g/mol. The van der Waals surface area contributed by atoms with E-state index in [2.05, 4.69) is 42.6 Å². The lowest BCUT2D eigenvalue weighted by Crippen LogP contribution is -2.59. The molecule has 338 valence electrons. The maximum Gasteiger partial charge on any atom is 0.293 e. The first kappa shape index (κ1) is 43.4. The van der Waals surface area contributed by atoms with Crippen molar-refractivity contribution in [3.8, 4) is 5.75 Å². The topological polar surface area (TPSA) is 196 Å². The first-order valence-corrected chi connectivity index (χ1v) is 22.6. The summed E-state index contributed by atoms with van der Waals surface area (Å²) < 4.78 is 13.9. The first-order valence-electron chi connectivity index (χ1n) is 22.2. The van der Waals surface area contributed by atoms with Gasteiger partial charge in [-0.25, -0.2) is 9.97 Å². The average Bonchev–Trinajstić information content (AvgIpc) is 3.59. The van der Waals surface area contributed by atoms with Gasteiger partial charge >= 0.3 is 0 Å². The number of ether oxygens (including phenoxy) is 2. The predicted molar refractivity (Wildman–Crippen MR) is 240 cm³/mol. The van der Waals surface area contributed by atoms with Gasteiger partial charge in [-0.05, 0) is 89.3 Å². The molecule has 3 N–H and O–H groups in total. The normalized spacial score (nSPS) is 23.0. The average molecular weight is 896 g/mol. The van der Waals surface area contributed by atoms with Crippen LogP contribution in [0.5, 0.6) is 5.75 Å². The van der Waals surface area contributed by atoms with E-state index in [4.69, 9.17) is 31.0 Å². The van der Waals surface area contributed by atoms with Crippen molar-refractivity contribution in [1.82, 2.24) is 40.0 Å². The molecule has 1 aliphatic carbocycles. The number of hydrogen-bond donors (Lipinski definition) is 3. The number of anilines is 4. The van der Waals surface area contributed by atoms with Crippen LogP contribution in [0.2, 0.25) is 5.02 Å². The Hall–Kier alpha value is -5.85. The van der Waals surface area contributed by atoms with Crippen LogP contribution in [0.15, 0.2) is 47.4 Å². The van der Waals surface area contributed by atoms with Crippen molar-refractivity contribution < 1.29 is 28.7 Å². The van der Waals surface area contributed by atoms with Gasteiger partial charge in [-0.1, -0.05) is 11.6 Å². The SMILES string of the molecule is CNC(=O)COc1cc2cc(Nc3nc(N4CCC(OC5CC(N6CCN(c7ccc8c(n7)CN([C@@H]7CCC(=O)NC7=O)C8=O)[C@H](C)C6)C5)CC4)ncc3Cl)ccc2n(C(C)C)c1=O. The third kappa shape index (κ3) is 8.69. The summed E-state index contributed by atoms with van der Waals surface area (Å²) in [6.07, 6.45) is 6.29. The van der Waals surface area contributed by atoms with Gasteiger partial charge in [-0.15, -0.1) is 0 Å². The first-order chi connectivity index (χ1) is 30.8. The minimum Gasteiger partial charge on any atom is -0.478 e. The Bertz CT molecular complexity index is 2540. The zero-order chi connectivity index (χ0) is 44.8. The Labute approximate surface area is 375 Å². The molecule has 0 radical (unpaired) electrons. The van der Waals surface area contributed by atoms with E-state index < -0.39 is 11.9 Å². The Kier molecular flexibility index (Phi) is 12.2.